The van der Waals surface area contributed by atoms with Gasteiger partial charge in [-0.05, 0) is 30.2 Å². The van der Waals surface area contributed by atoms with E-state index in [0.717, 1.165) is 0 Å². The van der Waals surface area contributed by atoms with Crippen LogP contribution in [-0.4, -0.2) is 44.5 Å². The van der Waals surface area contributed by atoms with E-state index in [-0.39, 0.29) is 23.9 Å². The fraction of sp³-hybridized carbons (Fsp3) is 0.259. The highest BCUT2D eigenvalue weighted by Crippen LogP contribution is 2.44. The van der Waals surface area contributed by atoms with Crippen molar-refractivity contribution in [2.75, 3.05) is 37.5 Å². The van der Waals surface area contributed by atoms with Crippen LogP contribution >= 0.6 is 11.8 Å². The number of nitrogens with zero attached hydrogens (tertiary/aromatic N) is 1. The molecule has 0 saturated carbocycles. The van der Waals surface area contributed by atoms with E-state index in [2.05, 4.69) is 60.2 Å². The average molecular weight is 478 g/mol. The molecule has 0 bridgehead atoms. The van der Waals surface area contributed by atoms with Crippen molar-refractivity contribution in [3.05, 3.63) is 90.0 Å². The lowest BCUT2D eigenvalue weighted by Gasteiger charge is -2.33. The summed E-state index contributed by atoms with van der Waals surface area (Å²) in [6, 6.07) is 26.1. The van der Waals surface area contributed by atoms with Crippen molar-refractivity contribution in [1.82, 2.24) is 0 Å². The van der Waals surface area contributed by atoms with Crippen molar-refractivity contribution in [3.8, 4) is 11.5 Å². The maximum atomic E-state index is 12.8. The third kappa shape index (κ3) is 5.04. The van der Waals surface area contributed by atoms with Crippen LogP contribution in [0, 0.1) is 0 Å². The molecule has 34 heavy (non-hydrogen) atoms. The minimum absolute atomic E-state index is 0.0785. The van der Waals surface area contributed by atoms with E-state index >= 15 is 0 Å². The van der Waals surface area contributed by atoms with Crippen LogP contribution in [0.2, 0.25) is 0 Å². The number of thioether (sulfide) groups is 1. The van der Waals surface area contributed by atoms with Crippen LogP contribution in [-0.2, 0) is 19.1 Å². The number of fused-ring (bicyclic) bond motifs is 1. The third-order valence-corrected chi connectivity index (χ3v) is 7.25. The van der Waals surface area contributed by atoms with Gasteiger partial charge in [0.1, 0.15) is 0 Å². The topological polar surface area (TPSA) is 65.1 Å². The zero-order valence-electron chi connectivity index (χ0n) is 19.2. The standard InChI is InChI=1S/C27H27NO5S/c1-27(20-10-5-3-6-11-20,21-12-7-4-8-13-21)34-17-16-28-22-14-9-15-23(32-19-25(30)31-2)26(22)33-18-24(28)29/h3-15H,16-19H2,1-2H3. The van der Waals surface area contributed by atoms with E-state index in [0.29, 0.717) is 29.5 Å². The molecule has 6 nitrogen and oxygen atoms in total. The first-order valence-electron chi connectivity index (χ1n) is 11.0. The second-order valence-electron chi connectivity index (χ2n) is 7.92. The van der Waals surface area contributed by atoms with Crippen molar-refractivity contribution in [3.63, 3.8) is 0 Å². The van der Waals surface area contributed by atoms with Crippen LogP contribution in [0.15, 0.2) is 78.9 Å². The number of hydrogen-bond donors (Lipinski definition) is 0. The highest BCUT2D eigenvalue weighted by Gasteiger charge is 2.32. The number of esters is 1. The molecule has 3 aromatic carbocycles. The van der Waals surface area contributed by atoms with Crippen molar-refractivity contribution >= 4 is 29.3 Å². The van der Waals surface area contributed by atoms with Crippen LogP contribution in [0.1, 0.15) is 18.1 Å². The summed E-state index contributed by atoms with van der Waals surface area (Å²) < 4.78 is 15.6. The van der Waals surface area contributed by atoms with Gasteiger partial charge in [0, 0.05) is 12.3 Å². The van der Waals surface area contributed by atoms with Gasteiger partial charge in [-0.3, -0.25) is 4.79 Å². The molecular weight excluding hydrogens is 450 g/mol. The zero-order valence-corrected chi connectivity index (χ0v) is 20.0. The van der Waals surface area contributed by atoms with Crippen molar-refractivity contribution in [2.45, 2.75) is 11.7 Å². The van der Waals surface area contributed by atoms with Crippen LogP contribution < -0.4 is 14.4 Å². The lowest BCUT2D eigenvalue weighted by atomic mass is 9.92. The maximum absolute atomic E-state index is 12.8. The SMILES string of the molecule is COC(=O)COc1cccc2c1OCC(=O)N2CCSC(C)(c1ccccc1)c1ccccc1. The number of methoxy groups -OCH3 is 1. The predicted octanol–water partition coefficient (Wildman–Crippen LogP) is 4.66. The van der Waals surface area contributed by atoms with Crippen LogP contribution in [0.4, 0.5) is 5.69 Å². The summed E-state index contributed by atoms with van der Waals surface area (Å²) in [5.41, 5.74) is 3.05. The van der Waals surface area contributed by atoms with Crippen LogP contribution in [0.25, 0.3) is 0 Å². The summed E-state index contributed by atoms with van der Waals surface area (Å²) >= 11 is 1.79. The molecule has 0 spiro atoms. The lowest BCUT2D eigenvalue weighted by molar-refractivity contribution is -0.143. The fourth-order valence-corrected chi connectivity index (χ4v) is 5.24. The molecule has 1 heterocycles. The van der Waals surface area contributed by atoms with Gasteiger partial charge in [-0.15, -0.1) is 11.8 Å². The second kappa shape index (κ2) is 10.7. The smallest absolute Gasteiger partial charge is 0.343 e. The average Bonchev–Trinajstić information content (AvgIpc) is 2.89. The van der Waals surface area contributed by atoms with Crippen LogP contribution in [0.5, 0.6) is 11.5 Å². The van der Waals surface area contributed by atoms with Gasteiger partial charge in [-0.2, -0.15) is 0 Å². The Morgan fingerprint density at radius 3 is 2.26 bits per heavy atom. The normalized spacial score (nSPS) is 13.1. The number of ether oxygens (including phenoxy) is 3. The molecule has 0 radical (unpaired) electrons. The highest BCUT2D eigenvalue weighted by molar-refractivity contribution is 8.00. The summed E-state index contributed by atoms with van der Waals surface area (Å²) in [5, 5.41) is 0. The Kier molecular flexibility index (Phi) is 7.43. The van der Waals surface area contributed by atoms with Crippen molar-refractivity contribution in [1.29, 1.82) is 0 Å². The van der Waals surface area contributed by atoms with E-state index in [4.69, 9.17) is 9.47 Å². The Bertz CT molecular complexity index is 1100. The first-order valence-corrected chi connectivity index (χ1v) is 12.0. The molecule has 0 N–H and O–H groups in total. The number of hydrogen-bond acceptors (Lipinski definition) is 6. The van der Waals surface area contributed by atoms with E-state index in [1.54, 1.807) is 28.8 Å². The van der Waals surface area contributed by atoms with Gasteiger partial charge in [0.05, 0.1) is 17.5 Å². The summed E-state index contributed by atoms with van der Waals surface area (Å²) in [6.45, 7) is 2.42. The molecule has 0 aromatic heterocycles. The summed E-state index contributed by atoms with van der Waals surface area (Å²) in [5.74, 6) is 0.980. The van der Waals surface area contributed by atoms with Crippen molar-refractivity contribution < 1.29 is 23.8 Å². The first-order chi connectivity index (χ1) is 16.5. The molecule has 1 amide bonds. The zero-order chi connectivity index (χ0) is 24.0. The number of carbonyl (C=O) groups excluding carboxylic acids is 2. The number of para-hydroxylation sites is 1. The molecule has 0 aliphatic carbocycles. The molecule has 7 heteroatoms. The molecule has 4 rings (SSSR count). The van der Waals surface area contributed by atoms with E-state index in [1.165, 1.54) is 18.2 Å². The number of carbonyl (C=O) groups is 2. The van der Waals surface area contributed by atoms with Gasteiger partial charge in [-0.1, -0.05) is 66.7 Å². The monoisotopic (exact) mass is 477 g/mol. The quantitative estimate of drug-likeness (QED) is 0.418. The predicted molar refractivity (Wildman–Crippen MR) is 134 cm³/mol. The Labute approximate surface area is 203 Å². The highest BCUT2D eigenvalue weighted by atomic mass is 32.2. The van der Waals surface area contributed by atoms with Gasteiger partial charge in [0.15, 0.2) is 24.7 Å². The first kappa shape index (κ1) is 23.7. The van der Waals surface area contributed by atoms with Gasteiger partial charge >= 0.3 is 5.97 Å². The van der Waals surface area contributed by atoms with Gasteiger partial charge in [-0.25, -0.2) is 4.79 Å². The molecule has 0 unspecified atom stereocenters. The Morgan fingerprint density at radius 1 is 1.00 bits per heavy atom. The van der Waals surface area contributed by atoms with Gasteiger partial charge in [0.25, 0.3) is 5.91 Å². The van der Waals surface area contributed by atoms with Gasteiger partial charge < -0.3 is 19.1 Å². The Hall–Kier alpha value is -3.45. The third-order valence-electron chi connectivity index (χ3n) is 5.82. The number of amides is 1. The number of rotatable bonds is 9. The summed E-state index contributed by atoms with van der Waals surface area (Å²) in [7, 11) is 1.30. The Balaban J connectivity index is 1.53. The van der Waals surface area contributed by atoms with Crippen LogP contribution in [0.3, 0.4) is 0 Å². The summed E-state index contributed by atoms with van der Waals surface area (Å²) in [4.78, 5) is 26.0. The lowest BCUT2D eigenvalue weighted by Crippen LogP contribution is -2.40. The minimum Gasteiger partial charge on any atom is -0.478 e. The molecule has 0 fully saturated rings. The molecule has 0 atom stereocenters. The second-order valence-corrected chi connectivity index (χ2v) is 9.43. The fourth-order valence-electron chi connectivity index (χ4n) is 3.95. The molecule has 176 valence electrons. The van der Waals surface area contributed by atoms with Gasteiger partial charge in [0.2, 0.25) is 0 Å². The number of benzene rings is 3. The molecule has 3 aromatic rings. The molecule has 0 saturated heterocycles. The van der Waals surface area contributed by atoms with E-state index in [1.807, 2.05) is 18.2 Å². The largest absolute Gasteiger partial charge is 0.478 e. The van der Waals surface area contributed by atoms with Crippen molar-refractivity contribution in [2.24, 2.45) is 0 Å². The minimum atomic E-state index is -0.487. The molecular formula is C27H27NO5S. The Morgan fingerprint density at radius 2 is 1.65 bits per heavy atom. The number of anilines is 1. The maximum Gasteiger partial charge on any atom is 0.343 e. The van der Waals surface area contributed by atoms with E-state index < -0.39 is 5.97 Å². The van der Waals surface area contributed by atoms with E-state index in [9.17, 15) is 9.59 Å². The summed E-state index contributed by atoms with van der Waals surface area (Å²) in [6.07, 6.45) is 0. The molecule has 1 aliphatic rings. The molecule has 1 aliphatic heterocycles.